The van der Waals surface area contributed by atoms with Crippen LogP contribution in [0.15, 0.2) is 22.7 Å². The lowest BCUT2D eigenvalue weighted by atomic mass is 9.98. The molecule has 4 nitrogen and oxygen atoms in total. The lowest BCUT2D eigenvalue weighted by molar-refractivity contribution is -0.384. The van der Waals surface area contributed by atoms with Gasteiger partial charge in [0.2, 0.25) is 0 Å². The quantitative estimate of drug-likeness (QED) is 0.635. The van der Waals surface area contributed by atoms with Gasteiger partial charge in [0.15, 0.2) is 0 Å². The van der Waals surface area contributed by atoms with Crippen LogP contribution in [0.5, 0.6) is 0 Å². The number of carbonyl (C=O) groups is 1. The maximum atomic E-state index is 11.5. The Labute approximate surface area is 111 Å². The summed E-state index contributed by atoms with van der Waals surface area (Å²) in [5, 5.41) is 10.6. The summed E-state index contributed by atoms with van der Waals surface area (Å²) < 4.78 is 0.705. The Morgan fingerprint density at radius 3 is 2.82 bits per heavy atom. The first-order valence-electron chi connectivity index (χ1n) is 5.11. The zero-order valence-electron chi connectivity index (χ0n) is 8.89. The number of hydrogen-bond acceptors (Lipinski definition) is 4. The molecule has 0 aliphatic carbocycles. The Kier molecular flexibility index (Phi) is 3.83. The fourth-order valence-corrected chi connectivity index (χ4v) is 3.44. The molecular formula is C11H10BrNO3S. The van der Waals surface area contributed by atoms with E-state index in [1.54, 1.807) is 17.8 Å². The number of nitro benzene ring substituents is 1. The van der Waals surface area contributed by atoms with Crippen LogP contribution in [-0.2, 0) is 11.2 Å². The Morgan fingerprint density at radius 1 is 1.53 bits per heavy atom. The predicted molar refractivity (Wildman–Crippen MR) is 70.3 cm³/mol. The largest absolute Gasteiger partial charge is 0.298 e. The van der Waals surface area contributed by atoms with Gasteiger partial charge in [0, 0.05) is 28.3 Å². The fourth-order valence-electron chi connectivity index (χ4n) is 1.77. The number of ketones is 1. The summed E-state index contributed by atoms with van der Waals surface area (Å²) in [6.45, 7) is 0. The summed E-state index contributed by atoms with van der Waals surface area (Å²) in [4.78, 5) is 21.7. The smallest absolute Gasteiger partial charge is 0.270 e. The number of rotatable bonds is 3. The average Bonchev–Trinajstić information content (AvgIpc) is 2.67. The molecule has 1 atom stereocenters. The first-order valence-corrected chi connectivity index (χ1v) is 7.06. The van der Waals surface area contributed by atoms with Gasteiger partial charge < -0.3 is 0 Å². The van der Waals surface area contributed by atoms with E-state index in [9.17, 15) is 14.9 Å². The number of non-ortho nitro benzene ring substituents is 1. The molecule has 1 aliphatic rings. The van der Waals surface area contributed by atoms with Gasteiger partial charge in [-0.3, -0.25) is 14.9 Å². The lowest BCUT2D eigenvalue weighted by Gasteiger charge is -2.08. The standard InChI is InChI=1S/C11H10BrNO3S/c12-10-4-9(13(15)16)2-1-7(10)3-8-5-17-6-11(8)14/h1-2,4,8H,3,5-6H2. The first-order chi connectivity index (χ1) is 8.08. The summed E-state index contributed by atoms with van der Waals surface area (Å²) in [6.07, 6.45) is 0.657. The molecule has 1 fully saturated rings. The molecule has 1 aromatic rings. The summed E-state index contributed by atoms with van der Waals surface area (Å²) in [6, 6.07) is 4.69. The molecule has 0 radical (unpaired) electrons. The molecule has 6 heteroatoms. The van der Waals surface area contributed by atoms with Crippen molar-refractivity contribution in [1.82, 2.24) is 0 Å². The van der Waals surface area contributed by atoms with E-state index in [-0.39, 0.29) is 17.4 Å². The van der Waals surface area contributed by atoms with Gasteiger partial charge in [0.1, 0.15) is 5.78 Å². The van der Waals surface area contributed by atoms with Crippen LogP contribution < -0.4 is 0 Å². The third-order valence-electron chi connectivity index (χ3n) is 2.73. The normalized spacial score (nSPS) is 19.6. The number of Topliss-reactive ketones (excluding diaryl/α,β-unsaturated/α-hetero) is 1. The molecule has 1 heterocycles. The zero-order chi connectivity index (χ0) is 12.4. The molecule has 0 amide bonds. The van der Waals surface area contributed by atoms with E-state index in [4.69, 9.17) is 0 Å². The average molecular weight is 316 g/mol. The number of nitro groups is 1. The molecule has 0 aromatic heterocycles. The van der Waals surface area contributed by atoms with E-state index in [1.165, 1.54) is 12.1 Å². The molecular weight excluding hydrogens is 306 g/mol. The highest BCUT2D eigenvalue weighted by Gasteiger charge is 2.25. The lowest BCUT2D eigenvalue weighted by Crippen LogP contribution is -2.14. The fraction of sp³-hybridized carbons (Fsp3) is 0.364. The highest BCUT2D eigenvalue weighted by atomic mass is 79.9. The minimum Gasteiger partial charge on any atom is -0.298 e. The van der Waals surface area contributed by atoms with Gasteiger partial charge in [-0.25, -0.2) is 0 Å². The van der Waals surface area contributed by atoms with Gasteiger partial charge in [0.05, 0.1) is 10.7 Å². The van der Waals surface area contributed by atoms with Crippen LogP contribution in [0.25, 0.3) is 0 Å². The van der Waals surface area contributed by atoms with E-state index in [0.717, 1.165) is 11.3 Å². The molecule has 1 aromatic carbocycles. The SMILES string of the molecule is O=C1CSCC1Cc1ccc([N+](=O)[O-])cc1Br. The van der Waals surface area contributed by atoms with E-state index < -0.39 is 4.92 Å². The van der Waals surface area contributed by atoms with Gasteiger partial charge in [-0.15, -0.1) is 0 Å². The second-order valence-electron chi connectivity index (χ2n) is 3.92. The minimum absolute atomic E-state index is 0.0535. The molecule has 1 saturated heterocycles. The van der Waals surface area contributed by atoms with Crippen LogP contribution in [0, 0.1) is 16.0 Å². The third kappa shape index (κ3) is 2.87. The van der Waals surface area contributed by atoms with Crippen LogP contribution >= 0.6 is 27.7 Å². The van der Waals surface area contributed by atoms with Gasteiger partial charge in [-0.2, -0.15) is 11.8 Å². The number of nitrogens with zero attached hydrogens (tertiary/aromatic N) is 1. The monoisotopic (exact) mass is 315 g/mol. The van der Waals surface area contributed by atoms with Crippen molar-refractivity contribution < 1.29 is 9.72 Å². The second-order valence-corrected chi connectivity index (χ2v) is 5.80. The van der Waals surface area contributed by atoms with Crippen molar-refractivity contribution in [2.75, 3.05) is 11.5 Å². The maximum absolute atomic E-state index is 11.5. The van der Waals surface area contributed by atoms with Gasteiger partial charge in [0.25, 0.3) is 5.69 Å². The first kappa shape index (κ1) is 12.6. The van der Waals surface area contributed by atoms with Crippen molar-refractivity contribution in [2.24, 2.45) is 5.92 Å². The van der Waals surface area contributed by atoms with E-state index in [0.29, 0.717) is 16.6 Å². The summed E-state index contributed by atoms with van der Waals surface area (Å²) >= 11 is 4.97. The van der Waals surface area contributed by atoms with E-state index in [2.05, 4.69) is 15.9 Å². The Hall–Kier alpha value is -0.880. The maximum Gasteiger partial charge on any atom is 0.270 e. The Bertz CT molecular complexity index is 478. The highest BCUT2D eigenvalue weighted by Crippen LogP contribution is 2.29. The van der Waals surface area contributed by atoms with Gasteiger partial charge >= 0.3 is 0 Å². The van der Waals surface area contributed by atoms with Crippen LogP contribution in [-0.4, -0.2) is 22.2 Å². The van der Waals surface area contributed by atoms with Crippen molar-refractivity contribution in [3.05, 3.63) is 38.3 Å². The molecule has 1 aliphatic heterocycles. The van der Waals surface area contributed by atoms with Crippen molar-refractivity contribution in [1.29, 1.82) is 0 Å². The van der Waals surface area contributed by atoms with E-state index >= 15 is 0 Å². The molecule has 1 unspecified atom stereocenters. The molecule has 0 N–H and O–H groups in total. The van der Waals surface area contributed by atoms with Crippen molar-refractivity contribution >= 4 is 39.2 Å². The summed E-state index contributed by atoms with van der Waals surface area (Å²) in [5.74, 6) is 1.77. The van der Waals surface area contributed by atoms with Crippen LogP contribution in [0.4, 0.5) is 5.69 Å². The molecule has 2 rings (SSSR count). The summed E-state index contributed by atoms with van der Waals surface area (Å²) in [5.41, 5.74) is 1.02. The number of carbonyl (C=O) groups excluding carboxylic acids is 1. The molecule has 0 bridgehead atoms. The van der Waals surface area contributed by atoms with E-state index in [1.807, 2.05) is 0 Å². The molecule has 17 heavy (non-hydrogen) atoms. The van der Waals surface area contributed by atoms with Crippen molar-refractivity contribution in [2.45, 2.75) is 6.42 Å². The number of thioether (sulfide) groups is 1. The van der Waals surface area contributed by atoms with Crippen molar-refractivity contribution in [3.63, 3.8) is 0 Å². The zero-order valence-corrected chi connectivity index (χ0v) is 11.3. The number of halogens is 1. The number of benzene rings is 1. The topological polar surface area (TPSA) is 60.2 Å². The molecule has 90 valence electrons. The van der Waals surface area contributed by atoms with Crippen molar-refractivity contribution in [3.8, 4) is 0 Å². The van der Waals surface area contributed by atoms with Crippen LogP contribution in [0.1, 0.15) is 5.56 Å². The summed E-state index contributed by atoms with van der Waals surface area (Å²) in [7, 11) is 0. The van der Waals surface area contributed by atoms with Gasteiger partial charge in [-0.1, -0.05) is 22.0 Å². The molecule has 0 spiro atoms. The second kappa shape index (κ2) is 5.18. The Balaban J connectivity index is 2.16. The van der Waals surface area contributed by atoms with Crippen LogP contribution in [0.2, 0.25) is 0 Å². The highest BCUT2D eigenvalue weighted by molar-refractivity contribution is 9.10. The number of hydrogen-bond donors (Lipinski definition) is 0. The third-order valence-corrected chi connectivity index (χ3v) is 4.60. The van der Waals surface area contributed by atoms with Gasteiger partial charge in [-0.05, 0) is 12.0 Å². The molecule has 0 saturated carbocycles. The predicted octanol–water partition coefficient (Wildman–Crippen LogP) is 2.83. The Morgan fingerprint density at radius 2 is 2.29 bits per heavy atom. The minimum atomic E-state index is -0.425. The van der Waals surface area contributed by atoms with Crippen LogP contribution in [0.3, 0.4) is 0 Å².